The Morgan fingerprint density at radius 3 is 2.88 bits per heavy atom. The molecule has 92 valence electrons. The summed E-state index contributed by atoms with van der Waals surface area (Å²) in [6.45, 7) is 7.52. The Hall–Kier alpha value is -0.0800. The Kier molecular flexibility index (Phi) is 3.21. The summed E-state index contributed by atoms with van der Waals surface area (Å²) < 4.78 is 0. The molecule has 0 aromatic carbocycles. The van der Waals surface area contributed by atoms with Gasteiger partial charge in [0.05, 0.1) is 0 Å². The van der Waals surface area contributed by atoms with Crippen molar-refractivity contribution >= 4 is 0 Å². The van der Waals surface area contributed by atoms with Crippen molar-refractivity contribution in [3.05, 3.63) is 0 Å². The van der Waals surface area contributed by atoms with Gasteiger partial charge in [0.2, 0.25) is 0 Å². The van der Waals surface area contributed by atoms with Gasteiger partial charge in [0.25, 0.3) is 0 Å². The van der Waals surface area contributed by atoms with Crippen molar-refractivity contribution in [1.82, 2.24) is 10.2 Å². The van der Waals surface area contributed by atoms with Gasteiger partial charge in [0.15, 0.2) is 0 Å². The van der Waals surface area contributed by atoms with E-state index in [1.807, 2.05) is 0 Å². The summed E-state index contributed by atoms with van der Waals surface area (Å²) >= 11 is 0. The Morgan fingerprint density at radius 1 is 1.19 bits per heavy atom. The van der Waals surface area contributed by atoms with Gasteiger partial charge in [-0.15, -0.1) is 0 Å². The maximum atomic E-state index is 3.56. The van der Waals surface area contributed by atoms with E-state index < -0.39 is 0 Å². The molecule has 4 atom stereocenters. The molecule has 1 saturated heterocycles. The fourth-order valence-corrected chi connectivity index (χ4v) is 4.27. The van der Waals surface area contributed by atoms with Crippen molar-refractivity contribution in [1.29, 1.82) is 0 Å². The van der Waals surface area contributed by atoms with Crippen molar-refractivity contribution < 1.29 is 0 Å². The van der Waals surface area contributed by atoms with Crippen LogP contribution in [0.25, 0.3) is 0 Å². The maximum absolute atomic E-state index is 3.56. The molecule has 2 bridgehead atoms. The fourth-order valence-electron chi connectivity index (χ4n) is 4.27. The van der Waals surface area contributed by atoms with Crippen LogP contribution in [0.3, 0.4) is 0 Å². The molecule has 1 aliphatic heterocycles. The van der Waals surface area contributed by atoms with E-state index in [0.29, 0.717) is 0 Å². The molecular formula is C14H26N2. The van der Waals surface area contributed by atoms with E-state index in [1.54, 1.807) is 6.42 Å². The minimum Gasteiger partial charge on any atom is -0.316 e. The number of rotatable bonds is 1. The molecule has 3 rings (SSSR count). The second kappa shape index (κ2) is 4.66. The van der Waals surface area contributed by atoms with Gasteiger partial charge < -0.3 is 5.32 Å². The van der Waals surface area contributed by atoms with Gasteiger partial charge in [-0.05, 0) is 63.1 Å². The van der Waals surface area contributed by atoms with E-state index in [4.69, 9.17) is 0 Å². The van der Waals surface area contributed by atoms with Crippen molar-refractivity contribution in [3.8, 4) is 0 Å². The predicted octanol–water partition coefficient (Wildman–Crippen LogP) is 2.11. The van der Waals surface area contributed by atoms with Crippen LogP contribution in [0.2, 0.25) is 0 Å². The van der Waals surface area contributed by atoms with E-state index >= 15 is 0 Å². The molecule has 0 amide bonds. The zero-order valence-corrected chi connectivity index (χ0v) is 10.6. The first-order chi connectivity index (χ1) is 7.83. The van der Waals surface area contributed by atoms with Crippen molar-refractivity contribution in [2.45, 2.75) is 45.1 Å². The van der Waals surface area contributed by atoms with Crippen LogP contribution in [0.1, 0.15) is 39.0 Å². The van der Waals surface area contributed by atoms with E-state index in [1.165, 1.54) is 51.9 Å². The lowest BCUT2D eigenvalue weighted by molar-refractivity contribution is 0.115. The molecule has 16 heavy (non-hydrogen) atoms. The topological polar surface area (TPSA) is 15.3 Å². The molecule has 3 fully saturated rings. The van der Waals surface area contributed by atoms with Crippen LogP contribution in [-0.4, -0.2) is 37.1 Å². The van der Waals surface area contributed by atoms with Crippen LogP contribution in [0.4, 0.5) is 0 Å². The van der Waals surface area contributed by atoms with Crippen molar-refractivity contribution in [2.24, 2.45) is 17.8 Å². The van der Waals surface area contributed by atoms with Crippen molar-refractivity contribution in [2.75, 3.05) is 26.2 Å². The van der Waals surface area contributed by atoms with Crippen LogP contribution in [0, 0.1) is 17.8 Å². The zero-order valence-electron chi connectivity index (χ0n) is 10.6. The normalized spacial score (nSPS) is 45.6. The van der Waals surface area contributed by atoms with Gasteiger partial charge in [0.1, 0.15) is 0 Å². The van der Waals surface area contributed by atoms with Gasteiger partial charge in [0, 0.05) is 12.6 Å². The quantitative estimate of drug-likeness (QED) is 0.731. The summed E-state index contributed by atoms with van der Waals surface area (Å²) in [5, 5.41) is 3.56. The van der Waals surface area contributed by atoms with E-state index in [2.05, 4.69) is 17.1 Å². The van der Waals surface area contributed by atoms with Gasteiger partial charge in [-0.1, -0.05) is 13.3 Å². The minimum absolute atomic E-state index is 0.833. The summed E-state index contributed by atoms with van der Waals surface area (Å²) in [6.07, 6.45) is 7.48. The highest BCUT2D eigenvalue weighted by Gasteiger charge is 2.42. The highest BCUT2D eigenvalue weighted by atomic mass is 15.2. The highest BCUT2D eigenvalue weighted by molar-refractivity contribution is 4.95. The molecule has 1 heterocycles. The molecule has 0 aromatic heterocycles. The SMILES string of the molecule is CC1CNCCCN(C2CC3CCC2C3)C1. The predicted molar refractivity (Wildman–Crippen MR) is 67.5 cm³/mol. The molecule has 3 aliphatic rings. The summed E-state index contributed by atoms with van der Waals surface area (Å²) in [6, 6.07) is 0.958. The average molecular weight is 222 g/mol. The van der Waals surface area contributed by atoms with Crippen LogP contribution in [0.15, 0.2) is 0 Å². The average Bonchev–Trinajstić information content (AvgIpc) is 2.84. The smallest absolute Gasteiger partial charge is 0.0126 e. The van der Waals surface area contributed by atoms with Crippen LogP contribution < -0.4 is 5.32 Å². The molecule has 1 N–H and O–H groups in total. The molecule has 4 unspecified atom stereocenters. The van der Waals surface area contributed by atoms with Crippen LogP contribution in [0.5, 0.6) is 0 Å². The van der Waals surface area contributed by atoms with Gasteiger partial charge in [-0.25, -0.2) is 0 Å². The number of hydrogen-bond acceptors (Lipinski definition) is 2. The Balaban J connectivity index is 1.63. The molecular weight excluding hydrogens is 196 g/mol. The lowest BCUT2D eigenvalue weighted by Crippen LogP contribution is -2.46. The first-order valence-corrected chi connectivity index (χ1v) is 7.27. The standard InChI is InChI=1S/C14H26N2/c1-11-9-15-5-2-6-16(10-11)14-8-12-3-4-13(14)7-12/h11-15H,2-10H2,1H3. The molecule has 0 radical (unpaired) electrons. The van der Waals surface area contributed by atoms with E-state index in [0.717, 1.165) is 23.8 Å². The monoisotopic (exact) mass is 222 g/mol. The fraction of sp³-hybridized carbons (Fsp3) is 1.00. The maximum Gasteiger partial charge on any atom is 0.0126 e. The number of fused-ring (bicyclic) bond motifs is 2. The summed E-state index contributed by atoms with van der Waals surface area (Å²) in [7, 11) is 0. The summed E-state index contributed by atoms with van der Waals surface area (Å²) in [5.41, 5.74) is 0. The Bertz CT molecular complexity index is 241. The van der Waals surface area contributed by atoms with Gasteiger partial charge in [-0.2, -0.15) is 0 Å². The molecule has 0 aromatic rings. The van der Waals surface area contributed by atoms with Crippen LogP contribution in [-0.2, 0) is 0 Å². The first kappa shape index (κ1) is 11.0. The molecule has 0 spiro atoms. The Morgan fingerprint density at radius 2 is 2.12 bits per heavy atom. The second-order valence-electron chi connectivity index (χ2n) is 6.40. The lowest BCUT2D eigenvalue weighted by Gasteiger charge is -2.37. The second-order valence-corrected chi connectivity index (χ2v) is 6.40. The molecule has 2 saturated carbocycles. The van der Waals surface area contributed by atoms with Crippen molar-refractivity contribution in [3.63, 3.8) is 0 Å². The van der Waals surface area contributed by atoms with E-state index in [-0.39, 0.29) is 0 Å². The van der Waals surface area contributed by atoms with Gasteiger partial charge in [-0.3, -0.25) is 4.90 Å². The van der Waals surface area contributed by atoms with Gasteiger partial charge >= 0.3 is 0 Å². The molecule has 2 heteroatoms. The molecule has 2 nitrogen and oxygen atoms in total. The van der Waals surface area contributed by atoms with Crippen LogP contribution >= 0.6 is 0 Å². The zero-order chi connectivity index (χ0) is 11.0. The minimum atomic E-state index is 0.833. The lowest BCUT2D eigenvalue weighted by atomic mass is 9.93. The largest absolute Gasteiger partial charge is 0.316 e. The summed E-state index contributed by atoms with van der Waals surface area (Å²) in [5.74, 6) is 2.98. The number of hydrogen-bond donors (Lipinski definition) is 1. The third-order valence-corrected chi connectivity index (χ3v) is 5.01. The first-order valence-electron chi connectivity index (χ1n) is 7.27. The number of nitrogens with zero attached hydrogens (tertiary/aromatic N) is 1. The Labute approximate surface area is 99.8 Å². The summed E-state index contributed by atoms with van der Waals surface area (Å²) in [4.78, 5) is 2.84. The molecule has 2 aliphatic carbocycles. The van der Waals surface area contributed by atoms with E-state index in [9.17, 15) is 0 Å². The third kappa shape index (κ3) is 2.14. The number of nitrogens with one attached hydrogen (secondary N) is 1. The highest BCUT2D eigenvalue weighted by Crippen LogP contribution is 2.46. The third-order valence-electron chi connectivity index (χ3n) is 5.01.